The van der Waals surface area contributed by atoms with E-state index < -0.39 is 33.9 Å². The molecule has 0 radical (unpaired) electrons. The molecule has 9 heteroatoms. The van der Waals surface area contributed by atoms with Gasteiger partial charge in [0.2, 0.25) is 5.91 Å². The second-order valence-corrected chi connectivity index (χ2v) is 6.30. The van der Waals surface area contributed by atoms with Gasteiger partial charge in [-0.05, 0) is 26.2 Å². The van der Waals surface area contributed by atoms with E-state index in [2.05, 4.69) is 4.18 Å². The number of rotatable bonds is 5. The lowest BCUT2D eigenvalue weighted by Crippen LogP contribution is -2.47. The van der Waals surface area contributed by atoms with Crippen LogP contribution in [0.25, 0.3) is 0 Å². The third-order valence-corrected chi connectivity index (χ3v) is 4.10. The average Bonchev–Trinajstić information content (AvgIpc) is 2.91. The van der Waals surface area contributed by atoms with Gasteiger partial charge in [-0.2, -0.15) is 21.6 Å². The Morgan fingerprint density at radius 1 is 1.37 bits per heavy atom. The molecule has 0 saturated heterocycles. The van der Waals surface area contributed by atoms with Crippen molar-refractivity contribution in [2.24, 2.45) is 11.8 Å². The van der Waals surface area contributed by atoms with E-state index in [4.69, 9.17) is 0 Å². The number of hydrogen-bond donors (Lipinski definition) is 1. The highest BCUT2D eigenvalue weighted by molar-refractivity contribution is 7.85. The van der Waals surface area contributed by atoms with Gasteiger partial charge in [-0.15, -0.1) is 0 Å². The van der Waals surface area contributed by atoms with Crippen LogP contribution in [0.15, 0.2) is 0 Å². The van der Waals surface area contributed by atoms with Crippen molar-refractivity contribution < 1.29 is 30.6 Å². The van der Waals surface area contributed by atoms with Crippen molar-refractivity contribution in [2.45, 2.75) is 45.4 Å². The second kappa shape index (κ2) is 4.93. The molecule has 1 fully saturated rings. The third-order valence-electron chi connectivity index (χ3n) is 3.01. The molecule has 5 nitrogen and oxygen atoms in total. The van der Waals surface area contributed by atoms with E-state index in [1.165, 1.54) is 4.72 Å². The Morgan fingerprint density at radius 2 is 1.89 bits per heavy atom. The minimum absolute atomic E-state index is 0.0887. The Kier molecular flexibility index (Phi) is 4.21. The molecule has 1 aliphatic carbocycles. The smallest absolute Gasteiger partial charge is 0.274 e. The van der Waals surface area contributed by atoms with Crippen LogP contribution in [0.1, 0.15) is 33.6 Å². The maximum Gasteiger partial charge on any atom is 0.418 e. The molecule has 0 aromatic rings. The quantitative estimate of drug-likeness (QED) is 0.840. The number of alkyl halides is 3. The van der Waals surface area contributed by atoms with Crippen LogP contribution in [0.3, 0.4) is 0 Å². The normalized spacial score (nSPS) is 24.1. The Balaban J connectivity index is 2.65. The molecule has 1 amide bonds. The van der Waals surface area contributed by atoms with Gasteiger partial charge < -0.3 is 0 Å². The van der Waals surface area contributed by atoms with E-state index in [9.17, 15) is 26.4 Å². The predicted molar refractivity (Wildman–Crippen MR) is 60.2 cm³/mol. The fourth-order valence-electron chi connectivity index (χ4n) is 1.56. The van der Waals surface area contributed by atoms with E-state index in [-0.39, 0.29) is 5.92 Å². The molecule has 1 N–H and O–H groups in total. The van der Waals surface area contributed by atoms with E-state index in [0.29, 0.717) is 26.7 Å². The first-order valence-corrected chi connectivity index (χ1v) is 7.14. The maximum absolute atomic E-state index is 12.5. The van der Waals surface area contributed by atoms with Crippen molar-refractivity contribution in [1.29, 1.82) is 0 Å². The lowest BCUT2D eigenvalue weighted by Gasteiger charge is -2.26. The highest BCUT2D eigenvalue weighted by Crippen LogP contribution is 2.41. The van der Waals surface area contributed by atoms with Gasteiger partial charge in [-0.3, -0.25) is 4.79 Å². The fourth-order valence-corrected chi connectivity index (χ4v) is 2.64. The molecule has 2 atom stereocenters. The molecule has 1 rings (SSSR count). The Hall–Kier alpha value is -0.830. The van der Waals surface area contributed by atoms with Gasteiger partial charge in [-0.1, -0.05) is 13.3 Å². The van der Waals surface area contributed by atoms with Crippen LogP contribution in [0.5, 0.6) is 0 Å². The Labute approximate surface area is 109 Å². The van der Waals surface area contributed by atoms with Gasteiger partial charge in [0.25, 0.3) is 0 Å². The van der Waals surface area contributed by atoms with Gasteiger partial charge in [-0.25, -0.2) is 8.91 Å². The molecule has 0 aromatic heterocycles. The van der Waals surface area contributed by atoms with E-state index >= 15 is 0 Å². The van der Waals surface area contributed by atoms with Crippen molar-refractivity contribution in [3.63, 3.8) is 0 Å². The zero-order valence-corrected chi connectivity index (χ0v) is 11.6. The van der Waals surface area contributed by atoms with Crippen LogP contribution in [0.4, 0.5) is 13.2 Å². The Morgan fingerprint density at radius 3 is 2.26 bits per heavy atom. The summed E-state index contributed by atoms with van der Waals surface area (Å²) in [6.07, 6.45) is -3.61. The lowest BCUT2D eigenvalue weighted by atomic mass is 10.1. The van der Waals surface area contributed by atoms with E-state index in [1.807, 2.05) is 6.92 Å². The van der Waals surface area contributed by atoms with Gasteiger partial charge in [0.05, 0.1) is 0 Å². The molecule has 1 aliphatic rings. The fraction of sp³-hybridized carbons (Fsp3) is 0.900. The molecule has 0 aliphatic heterocycles. The molecule has 112 valence electrons. The summed E-state index contributed by atoms with van der Waals surface area (Å²) in [5.74, 6) is -1.19. The first-order chi connectivity index (χ1) is 8.39. The number of hydrogen-bond acceptors (Lipinski definition) is 4. The van der Waals surface area contributed by atoms with Crippen LogP contribution in [0.2, 0.25) is 0 Å². The molecule has 0 heterocycles. The minimum atomic E-state index is -4.86. The van der Waals surface area contributed by atoms with Crippen LogP contribution >= 0.6 is 0 Å². The van der Waals surface area contributed by atoms with Crippen molar-refractivity contribution in [3.8, 4) is 0 Å². The van der Waals surface area contributed by atoms with Crippen LogP contribution in [-0.4, -0.2) is 26.1 Å². The van der Waals surface area contributed by atoms with Crippen molar-refractivity contribution in [3.05, 3.63) is 0 Å². The van der Waals surface area contributed by atoms with Crippen LogP contribution in [0, 0.1) is 11.8 Å². The predicted octanol–water partition coefficient (Wildman–Crippen LogP) is 1.75. The molecule has 1 saturated carbocycles. The topological polar surface area (TPSA) is 72.5 Å². The molecule has 1 unspecified atom stereocenters. The average molecular weight is 303 g/mol. The van der Waals surface area contributed by atoms with Crippen LogP contribution in [-0.2, 0) is 19.3 Å². The summed E-state index contributed by atoms with van der Waals surface area (Å²) < 4.78 is 65.8. The first kappa shape index (κ1) is 16.2. The van der Waals surface area contributed by atoms with Gasteiger partial charge in [0.1, 0.15) is 0 Å². The molecule has 0 aromatic carbocycles. The SMILES string of the molecule is CCC1C[C@@H]1C(=O)NS(=O)(=O)OC(C)(C)C(F)(F)F. The highest BCUT2D eigenvalue weighted by Gasteiger charge is 2.52. The number of amides is 1. The van der Waals surface area contributed by atoms with Crippen molar-refractivity contribution in [1.82, 2.24) is 4.72 Å². The zero-order valence-electron chi connectivity index (χ0n) is 10.7. The summed E-state index contributed by atoms with van der Waals surface area (Å²) in [5, 5.41) is 0. The maximum atomic E-state index is 12.5. The number of carbonyl (C=O) groups is 1. The summed E-state index contributed by atoms with van der Waals surface area (Å²) >= 11 is 0. The molecular formula is C10H16F3NO4S. The first-order valence-electron chi connectivity index (χ1n) is 5.73. The lowest BCUT2D eigenvalue weighted by molar-refractivity contribution is -0.233. The zero-order chi connectivity index (χ0) is 15.1. The summed E-state index contributed by atoms with van der Waals surface area (Å²) in [6.45, 7) is 2.99. The molecule has 19 heavy (non-hydrogen) atoms. The standard InChI is InChI=1S/C10H16F3NO4S/c1-4-6-5-7(6)8(15)14-19(16,17)18-9(2,3)10(11,12)13/h6-7H,4-5H2,1-3H3,(H,14,15)/t6?,7-/m0/s1. The number of carbonyl (C=O) groups excluding carboxylic acids is 1. The van der Waals surface area contributed by atoms with Crippen molar-refractivity contribution >= 4 is 16.2 Å². The highest BCUT2D eigenvalue weighted by atomic mass is 32.2. The van der Waals surface area contributed by atoms with Gasteiger partial charge >= 0.3 is 16.5 Å². The summed E-state index contributed by atoms with van der Waals surface area (Å²) in [6, 6.07) is 0. The van der Waals surface area contributed by atoms with E-state index in [1.54, 1.807) is 0 Å². The molecule has 0 bridgehead atoms. The second-order valence-electron chi connectivity index (χ2n) is 5.02. The molecular weight excluding hydrogens is 287 g/mol. The van der Waals surface area contributed by atoms with Crippen LogP contribution < -0.4 is 4.72 Å². The summed E-state index contributed by atoms with van der Waals surface area (Å²) in [7, 11) is -4.78. The Bertz CT molecular complexity index is 458. The molecule has 0 spiro atoms. The van der Waals surface area contributed by atoms with Crippen molar-refractivity contribution in [2.75, 3.05) is 0 Å². The summed E-state index contributed by atoms with van der Waals surface area (Å²) in [5.41, 5.74) is -2.90. The van der Waals surface area contributed by atoms with Gasteiger partial charge in [0, 0.05) is 5.92 Å². The largest absolute Gasteiger partial charge is 0.418 e. The number of halogens is 3. The minimum Gasteiger partial charge on any atom is -0.274 e. The monoisotopic (exact) mass is 303 g/mol. The third kappa shape index (κ3) is 4.07. The van der Waals surface area contributed by atoms with Gasteiger partial charge in [0.15, 0.2) is 5.60 Å². The number of nitrogens with one attached hydrogen (secondary N) is 1. The summed E-state index contributed by atoms with van der Waals surface area (Å²) in [4.78, 5) is 11.5. The van der Waals surface area contributed by atoms with E-state index in [0.717, 1.165) is 0 Å².